The Morgan fingerprint density at radius 3 is 2.67 bits per heavy atom. The number of nitrogens with zero attached hydrogens (tertiary/aromatic N) is 3. The Morgan fingerprint density at radius 2 is 2.03 bits per heavy atom. The standard InChI is InChI=1S/C21H18F2N6O/c1-11-3-4-13(8-24)12(2)18(11)20(30)28-15-5-6-17(25)16(7-15)19(26)14-9-27-29(10-14)21(22)23/h3-7,9-10,21,26H,25H2,1-2H3,(H,28,30). The van der Waals surface area contributed by atoms with Crippen molar-refractivity contribution in [1.29, 1.82) is 10.7 Å². The molecule has 2 aromatic carbocycles. The molecule has 0 saturated heterocycles. The maximum atomic E-state index is 12.8. The van der Waals surface area contributed by atoms with Crippen molar-refractivity contribution in [3.63, 3.8) is 0 Å². The quantitative estimate of drug-likeness (QED) is 0.436. The normalized spacial score (nSPS) is 10.7. The van der Waals surface area contributed by atoms with E-state index in [1.807, 2.05) is 0 Å². The highest BCUT2D eigenvalue weighted by atomic mass is 19.3. The summed E-state index contributed by atoms with van der Waals surface area (Å²) in [6.45, 7) is 0.657. The van der Waals surface area contributed by atoms with Crippen LogP contribution in [0.3, 0.4) is 0 Å². The fourth-order valence-electron chi connectivity index (χ4n) is 3.09. The van der Waals surface area contributed by atoms with Crippen LogP contribution in [0.4, 0.5) is 20.2 Å². The zero-order valence-electron chi connectivity index (χ0n) is 16.2. The molecule has 152 valence electrons. The largest absolute Gasteiger partial charge is 0.398 e. The van der Waals surface area contributed by atoms with E-state index in [2.05, 4.69) is 16.5 Å². The number of carbonyl (C=O) groups excluding carboxylic acids is 1. The molecule has 0 fully saturated rings. The number of alkyl halides is 2. The molecule has 0 spiro atoms. The minimum absolute atomic E-state index is 0.102. The van der Waals surface area contributed by atoms with Gasteiger partial charge in [-0.2, -0.15) is 19.1 Å². The average Bonchev–Trinajstić information content (AvgIpc) is 3.20. The smallest absolute Gasteiger partial charge is 0.333 e. The molecule has 7 nitrogen and oxygen atoms in total. The fraction of sp³-hybridized carbons (Fsp3) is 0.143. The monoisotopic (exact) mass is 408 g/mol. The van der Waals surface area contributed by atoms with E-state index in [9.17, 15) is 18.8 Å². The van der Waals surface area contributed by atoms with Gasteiger partial charge in [0.05, 0.1) is 23.5 Å². The van der Waals surface area contributed by atoms with Gasteiger partial charge in [0.2, 0.25) is 0 Å². The number of nitrogens with two attached hydrogens (primary N) is 1. The number of halogens is 2. The van der Waals surface area contributed by atoms with Gasteiger partial charge < -0.3 is 11.1 Å². The fourth-order valence-corrected chi connectivity index (χ4v) is 3.09. The second-order valence-electron chi connectivity index (χ2n) is 6.66. The zero-order chi connectivity index (χ0) is 22.0. The van der Waals surface area contributed by atoms with Crippen molar-refractivity contribution in [1.82, 2.24) is 9.78 Å². The maximum Gasteiger partial charge on any atom is 0.333 e. The maximum absolute atomic E-state index is 12.8. The number of hydrogen-bond donors (Lipinski definition) is 3. The van der Waals surface area contributed by atoms with Gasteiger partial charge >= 0.3 is 6.55 Å². The molecule has 9 heteroatoms. The van der Waals surface area contributed by atoms with Gasteiger partial charge in [-0.15, -0.1) is 0 Å². The van der Waals surface area contributed by atoms with Crippen LogP contribution < -0.4 is 11.1 Å². The van der Waals surface area contributed by atoms with Gasteiger partial charge in [0.15, 0.2) is 0 Å². The molecule has 0 bridgehead atoms. The van der Waals surface area contributed by atoms with Crippen molar-refractivity contribution in [2.75, 3.05) is 11.1 Å². The summed E-state index contributed by atoms with van der Waals surface area (Å²) in [5, 5.41) is 23.8. The molecule has 0 saturated carbocycles. The summed E-state index contributed by atoms with van der Waals surface area (Å²) in [5.41, 5.74) is 8.98. The lowest BCUT2D eigenvalue weighted by atomic mass is 9.97. The van der Waals surface area contributed by atoms with Crippen LogP contribution in [0.25, 0.3) is 0 Å². The van der Waals surface area contributed by atoms with E-state index in [0.29, 0.717) is 32.6 Å². The SMILES string of the molecule is Cc1ccc(C#N)c(C)c1C(=O)Nc1ccc(N)c(C(=N)c2cnn(C(F)F)c2)c1. The van der Waals surface area contributed by atoms with Crippen molar-refractivity contribution < 1.29 is 13.6 Å². The van der Waals surface area contributed by atoms with E-state index < -0.39 is 12.5 Å². The lowest BCUT2D eigenvalue weighted by molar-refractivity contribution is 0.0566. The molecular formula is C21H18F2N6O. The molecule has 3 aromatic rings. The van der Waals surface area contributed by atoms with Crippen LogP contribution >= 0.6 is 0 Å². The summed E-state index contributed by atoms with van der Waals surface area (Å²) in [6, 6.07) is 10.00. The Morgan fingerprint density at radius 1 is 1.30 bits per heavy atom. The highest BCUT2D eigenvalue weighted by Gasteiger charge is 2.18. The number of benzene rings is 2. The van der Waals surface area contributed by atoms with Gasteiger partial charge in [0, 0.05) is 34.3 Å². The Balaban J connectivity index is 1.91. The predicted octanol–water partition coefficient (Wildman–Crippen LogP) is 4.02. The molecule has 0 atom stereocenters. The number of hydrogen-bond acceptors (Lipinski definition) is 5. The van der Waals surface area contributed by atoms with Crippen LogP contribution in [0.2, 0.25) is 0 Å². The minimum Gasteiger partial charge on any atom is -0.398 e. The Bertz CT molecular complexity index is 1190. The summed E-state index contributed by atoms with van der Waals surface area (Å²) in [4.78, 5) is 12.8. The number of aromatic nitrogens is 2. The lowest BCUT2D eigenvalue weighted by Gasteiger charge is -2.13. The highest BCUT2D eigenvalue weighted by molar-refractivity contribution is 6.14. The molecular weight excluding hydrogens is 390 g/mol. The van der Waals surface area contributed by atoms with Crippen molar-refractivity contribution in [3.8, 4) is 6.07 Å². The van der Waals surface area contributed by atoms with Crippen LogP contribution in [0.15, 0.2) is 42.7 Å². The number of nitriles is 1. The van der Waals surface area contributed by atoms with Gasteiger partial charge in [-0.3, -0.25) is 10.2 Å². The lowest BCUT2D eigenvalue weighted by Crippen LogP contribution is -2.16. The first-order valence-electron chi connectivity index (χ1n) is 8.85. The van der Waals surface area contributed by atoms with Gasteiger partial charge in [-0.25, -0.2) is 4.68 Å². The summed E-state index contributed by atoms with van der Waals surface area (Å²) in [6.07, 6.45) is 2.21. The number of aryl methyl sites for hydroxylation is 1. The number of carbonyl (C=O) groups is 1. The molecule has 0 radical (unpaired) electrons. The number of nitrogen functional groups attached to an aromatic ring is 1. The molecule has 4 N–H and O–H groups in total. The summed E-state index contributed by atoms with van der Waals surface area (Å²) < 4.78 is 25.9. The molecule has 1 aromatic heterocycles. The first-order chi connectivity index (χ1) is 14.2. The van der Waals surface area contributed by atoms with Crippen LogP contribution in [0.1, 0.15) is 44.7 Å². The molecule has 3 rings (SSSR count). The van der Waals surface area contributed by atoms with Gasteiger partial charge in [0.25, 0.3) is 5.91 Å². The molecule has 0 aliphatic rings. The van der Waals surface area contributed by atoms with Crippen LogP contribution in [-0.2, 0) is 0 Å². The minimum atomic E-state index is -2.81. The topological polar surface area (TPSA) is 121 Å². The van der Waals surface area contributed by atoms with Crippen LogP contribution in [0.5, 0.6) is 0 Å². The van der Waals surface area contributed by atoms with Gasteiger partial charge in [-0.1, -0.05) is 6.07 Å². The van der Waals surface area contributed by atoms with Gasteiger partial charge in [0.1, 0.15) is 0 Å². The Hall–Kier alpha value is -4.06. The van der Waals surface area contributed by atoms with Crippen molar-refractivity contribution in [2.45, 2.75) is 20.4 Å². The van der Waals surface area contributed by atoms with E-state index in [-0.39, 0.29) is 22.5 Å². The number of nitrogens with one attached hydrogen (secondary N) is 2. The van der Waals surface area contributed by atoms with Crippen LogP contribution in [-0.4, -0.2) is 21.4 Å². The third-order valence-electron chi connectivity index (χ3n) is 4.69. The van der Waals surface area contributed by atoms with E-state index in [1.54, 1.807) is 32.0 Å². The number of amides is 1. The molecule has 0 aliphatic carbocycles. The molecule has 30 heavy (non-hydrogen) atoms. The van der Waals surface area contributed by atoms with Crippen molar-refractivity contribution in [2.24, 2.45) is 0 Å². The van der Waals surface area contributed by atoms with E-state index >= 15 is 0 Å². The first kappa shape index (κ1) is 20.7. The van der Waals surface area contributed by atoms with Crippen molar-refractivity contribution in [3.05, 3.63) is 76.1 Å². The summed E-state index contributed by atoms with van der Waals surface area (Å²) in [5.74, 6) is -0.408. The molecule has 1 amide bonds. The third kappa shape index (κ3) is 3.89. The molecule has 0 aliphatic heterocycles. The Labute approximate surface area is 171 Å². The number of anilines is 2. The summed E-state index contributed by atoms with van der Waals surface area (Å²) in [7, 11) is 0. The van der Waals surface area contributed by atoms with Crippen LogP contribution in [0, 0.1) is 30.6 Å². The second-order valence-corrected chi connectivity index (χ2v) is 6.66. The van der Waals surface area contributed by atoms with E-state index in [4.69, 9.17) is 11.1 Å². The van der Waals surface area contributed by atoms with E-state index in [0.717, 1.165) is 12.4 Å². The number of rotatable bonds is 5. The first-order valence-corrected chi connectivity index (χ1v) is 8.85. The van der Waals surface area contributed by atoms with Crippen molar-refractivity contribution >= 4 is 23.0 Å². The highest BCUT2D eigenvalue weighted by Crippen LogP contribution is 2.24. The third-order valence-corrected chi connectivity index (χ3v) is 4.69. The zero-order valence-corrected chi connectivity index (χ0v) is 16.2. The van der Waals surface area contributed by atoms with Gasteiger partial charge in [-0.05, 0) is 49.2 Å². The molecule has 1 heterocycles. The Kier molecular flexibility index (Phi) is 5.60. The average molecular weight is 408 g/mol. The second kappa shape index (κ2) is 8.13. The van der Waals surface area contributed by atoms with E-state index in [1.165, 1.54) is 12.1 Å². The molecule has 0 unspecified atom stereocenters. The predicted molar refractivity (Wildman–Crippen MR) is 109 cm³/mol. The summed E-state index contributed by atoms with van der Waals surface area (Å²) >= 11 is 0.